The largest absolute Gasteiger partial charge is 0.367 e. The van der Waals surface area contributed by atoms with Gasteiger partial charge in [-0.3, -0.25) is 0 Å². The normalized spacial score (nSPS) is 16.9. The van der Waals surface area contributed by atoms with Crippen molar-refractivity contribution in [1.29, 1.82) is 0 Å². The van der Waals surface area contributed by atoms with Crippen molar-refractivity contribution in [3.8, 4) is 11.3 Å². The number of likely N-dealkylation sites (tertiary alicyclic amines) is 1. The van der Waals surface area contributed by atoms with Crippen molar-refractivity contribution in [3.05, 3.63) is 36.4 Å². The van der Waals surface area contributed by atoms with Gasteiger partial charge in [0.2, 0.25) is 5.95 Å². The molecule has 0 saturated carbocycles. The Morgan fingerprint density at radius 2 is 1.94 bits per heavy atom. The lowest BCUT2D eigenvalue weighted by molar-refractivity contribution is 0.127. The molecule has 0 aromatic carbocycles. The molecule has 4 aromatic rings. The van der Waals surface area contributed by atoms with Gasteiger partial charge in [0.05, 0.1) is 24.0 Å². The number of nitrogens with two attached hydrogens (primary N) is 1. The van der Waals surface area contributed by atoms with Crippen LogP contribution in [0.3, 0.4) is 0 Å². The highest BCUT2D eigenvalue weighted by Gasteiger charge is 2.19. The van der Waals surface area contributed by atoms with Gasteiger partial charge in [-0.1, -0.05) is 13.8 Å². The fraction of sp³-hybridized carbons (Fsp3) is 0.500. The van der Waals surface area contributed by atoms with E-state index in [0.29, 0.717) is 35.1 Å². The maximum atomic E-state index is 12.8. The van der Waals surface area contributed by atoms with E-state index in [1.54, 1.807) is 36.0 Å². The third-order valence-electron chi connectivity index (χ3n) is 5.89. The minimum Gasteiger partial charge on any atom is -0.367 e. The minimum atomic E-state index is -2.47. The lowest BCUT2D eigenvalue weighted by Crippen LogP contribution is -2.38. The molecule has 0 aliphatic carbocycles. The molecule has 188 valence electrons. The summed E-state index contributed by atoms with van der Waals surface area (Å²) in [5, 5.41) is 4.08. The van der Waals surface area contributed by atoms with Crippen LogP contribution in [0.2, 0.25) is 0 Å². The summed E-state index contributed by atoms with van der Waals surface area (Å²) in [5.41, 5.74) is 8.74. The number of piperidine rings is 1. The van der Waals surface area contributed by atoms with Crippen LogP contribution in [-0.4, -0.2) is 66.3 Å². The van der Waals surface area contributed by atoms with E-state index in [1.807, 2.05) is 6.07 Å². The first-order valence-electron chi connectivity index (χ1n) is 11.8. The Hall–Kier alpha value is -3.21. The molecule has 5 heterocycles. The summed E-state index contributed by atoms with van der Waals surface area (Å²) in [6, 6.07) is 5.40. The second-order valence-corrected chi connectivity index (χ2v) is 9.27. The fourth-order valence-corrected chi connectivity index (χ4v) is 4.43. The van der Waals surface area contributed by atoms with Gasteiger partial charge in [-0.2, -0.15) is 0 Å². The molecule has 11 heteroatoms. The average molecular weight is 489 g/mol. The lowest BCUT2D eigenvalue weighted by Gasteiger charge is -2.29. The molecule has 0 radical (unpaired) electrons. The van der Waals surface area contributed by atoms with Crippen molar-refractivity contribution in [1.82, 2.24) is 34.0 Å². The van der Waals surface area contributed by atoms with Crippen molar-refractivity contribution >= 4 is 22.6 Å². The number of rotatable bonds is 5. The predicted molar refractivity (Wildman–Crippen MR) is 130 cm³/mol. The number of pyridine rings is 1. The Balaban J connectivity index is 0.000000221. The first-order chi connectivity index (χ1) is 16.7. The van der Waals surface area contributed by atoms with E-state index < -0.39 is 19.1 Å². The zero-order valence-electron chi connectivity index (χ0n) is 20.2. The number of hydrogen-bond donors (Lipinski definition) is 1. The molecule has 0 spiro atoms. The Morgan fingerprint density at radius 3 is 2.66 bits per heavy atom. The van der Waals surface area contributed by atoms with Crippen molar-refractivity contribution in [3.63, 3.8) is 0 Å². The third kappa shape index (κ3) is 5.90. The lowest BCUT2D eigenvalue weighted by atomic mass is 10.1. The maximum Gasteiger partial charge on any atom is 0.256 e. The van der Waals surface area contributed by atoms with E-state index in [1.165, 1.54) is 4.57 Å². The molecule has 0 unspecified atom stereocenters. The Morgan fingerprint density at radius 1 is 1.14 bits per heavy atom. The molecule has 1 aliphatic heterocycles. The molecule has 8 nitrogen and oxygen atoms in total. The second kappa shape index (κ2) is 10.6. The first-order valence-corrected chi connectivity index (χ1v) is 11.8. The number of halogens is 3. The minimum absolute atomic E-state index is 0.165. The van der Waals surface area contributed by atoms with Crippen LogP contribution >= 0.6 is 0 Å². The van der Waals surface area contributed by atoms with Gasteiger partial charge in [0.1, 0.15) is 17.5 Å². The molecule has 1 saturated heterocycles. The monoisotopic (exact) mass is 488 g/mol. The van der Waals surface area contributed by atoms with Crippen molar-refractivity contribution in [2.24, 2.45) is 5.92 Å². The predicted octanol–water partition coefficient (Wildman–Crippen LogP) is 4.37. The number of hydrogen-bond acceptors (Lipinski definition) is 6. The van der Waals surface area contributed by atoms with Crippen LogP contribution in [-0.2, 0) is 6.54 Å². The van der Waals surface area contributed by atoms with Crippen LogP contribution in [0.1, 0.15) is 32.5 Å². The number of nitrogen functional groups attached to an aromatic ring is 1. The number of aryl methyl sites for hydroxylation is 1. The standard InChI is InChI=1S/C15H13F2N7.C9H18FN/c1-8-20-11-3-2-10(21-14(11)23(8)7-13(16)17)9-4-5-24-12(9)6-19-15(18)22-24;1-8(2)6-11-5-3-4-9(10)7-11/h2-6,13H,7H2,1H3,(H2,18,22);8-9H,3-7H2,1-2H3/t;9-/m.1/s1. The third-order valence-corrected chi connectivity index (χ3v) is 5.89. The topological polar surface area (TPSA) is 90.2 Å². The van der Waals surface area contributed by atoms with Gasteiger partial charge in [-0.25, -0.2) is 32.6 Å². The van der Waals surface area contributed by atoms with Gasteiger partial charge < -0.3 is 15.2 Å². The summed E-state index contributed by atoms with van der Waals surface area (Å²) in [4.78, 5) is 15.0. The first kappa shape index (κ1) is 24.9. The van der Waals surface area contributed by atoms with Crippen molar-refractivity contribution in [2.75, 3.05) is 25.4 Å². The highest BCUT2D eigenvalue weighted by atomic mass is 19.3. The quantitative estimate of drug-likeness (QED) is 0.449. The van der Waals surface area contributed by atoms with E-state index in [0.717, 1.165) is 37.0 Å². The Bertz CT molecular complexity index is 1280. The van der Waals surface area contributed by atoms with Crippen molar-refractivity contribution < 1.29 is 13.2 Å². The van der Waals surface area contributed by atoms with Crippen LogP contribution in [0, 0.1) is 12.8 Å². The molecular formula is C24H31F3N8. The molecule has 0 bridgehead atoms. The number of aromatic nitrogens is 6. The SMILES string of the molecule is CC(C)CN1CCC[C@@H](F)C1.Cc1nc2ccc(-c3ccn4nc(N)ncc34)nc2n1CC(F)F. The summed E-state index contributed by atoms with van der Waals surface area (Å²) in [6.45, 7) is 8.43. The van der Waals surface area contributed by atoms with Crippen LogP contribution < -0.4 is 5.73 Å². The Kier molecular flexibility index (Phi) is 7.54. The zero-order chi connectivity index (χ0) is 25.1. The number of alkyl halides is 3. The van der Waals surface area contributed by atoms with Gasteiger partial charge in [0, 0.05) is 24.8 Å². The van der Waals surface area contributed by atoms with Gasteiger partial charge >= 0.3 is 0 Å². The van der Waals surface area contributed by atoms with E-state index >= 15 is 0 Å². The number of imidazole rings is 1. The van der Waals surface area contributed by atoms with Gasteiger partial charge in [0.15, 0.2) is 5.65 Å². The second-order valence-electron chi connectivity index (χ2n) is 9.27. The molecule has 2 N–H and O–H groups in total. The van der Waals surface area contributed by atoms with Crippen molar-refractivity contribution in [2.45, 2.75) is 52.8 Å². The van der Waals surface area contributed by atoms with Gasteiger partial charge in [-0.05, 0) is 50.4 Å². The molecule has 1 atom stereocenters. The van der Waals surface area contributed by atoms with E-state index in [2.05, 4.69) is 38.8 Å². The molecule has 1 fully saturated rings. The number of anilines is 1. The highest BCUT2D eigenvalue weighted by molar-refractivity contribution is 5.82. The number of fused-ring (bicyclic) bond motifs is 2. The fourth-order valence-electron chi connectivity index (χ4n) is 4.43. The van der Waals surface area contributed by atoms with E-state index in [9.17, 15) is 13.2 Å². The zero-order valence-corrected chi connectivity index (χ0v) is 20.2. The molecule has 0 amide bonds. The maximum absolute atomic E-state index is 12.8. The summed E-state index contributed by atoms with van der Waals surface area (Å²) >= 11 is 0. The summed E-state index contributed by atoms with van der Waals surface area (Å²) < 4.78 is 41.5. The molecule has 5 rings (SSSR count). The Labute approximate surface area is 202 Å². The molecular weight excluding hydrogens is 457 g/mol. The smallest absolute Gasteiger partial charge is 0.256 e. The summed E-state index contributed by atoms with van der Waals surface area (Å²) in [7, 11) is 0. The van der Waals surface area contributed by atoms with Crippen LogP contribution in [0.25, 0.3) is 27.9 Å². The van der Waals surface area contributed by atoms with Crippen LogP contribution in [0.4, 0.5) is 19.1 Å². The average Bonchev–Trinajstić information content (AvgIpc) is 3.33. The van der Waals surface area contributed by atoms with E-state index in [-0.39, 0.29) is 5.95 Å². The summed E-state index contributed by atoms with van der Waals surface area (Å²) in [6.07, 6.45) is 2.12. The molecule has 1 aliphatic rings. The molecule has 4 aromatic heterocycles. The van der Waals surface area contributed by atoms with Gasteiger partial charge in [-0.15, -0.1) is 5.10 Å². The number of nitrogens with zero attached hydrogens (tertiary/aromatic N) is 7. The van der Waals surface area contributed by atoms with Crippen LogP contribution in [0.15, 0.2) is 30.6 Å². The van der Waals surface area contributed by atoms with Gasteiger partial charge in [0.25, 0.3) is 6.43 Å². The highest BCUT2D eigenvalue weighted by Crippen LogP contribution is 2.26. The summed E-state index contributed by atoms with van der Waals surface area (Å²) in [5.74, 6) is 1.34. The van der Waals surface area contributed by atoms with Crippen LogP contribution in [0.5, 0.6) is 0 Å². The molecule has 35 heavy (non-hydrogen) atoms. The van der Waals surface area contributed by atoms with E-state index in [4.69, 9.17) is 5.73 Å².